The minimum absolute atomic E-state index is 0.0666. The highest BCUT2D eigenvalue weighted by Gasteiger charge is 2.45. The number of nitrogens with zero attached hydrogens (tertiary/aromatic N) is 4. The molecule has 1 aliphatic carbocycles. The van der Waals surface area contributed by atoms with Crippen molar-refractivity contribution in [2.45, 2.75) is 56.5 Å². The van der Waals surface area contributed by atoms with Crippen LogP contribution in [-0.4, -0.2) is 45.9 Å². The number of anilines is 2. The van der Waals surface area contributed by atoms with Crippen LogP contribution in [0, 0.1) is 16.0 Å². The van der Waals surface area contributed by atoms with E-state index >= 15 is 0 Å². The van der Waals surface area contributed by atoms with Crippen LogP contribution >= 0.6 is 0 Å². The summed E-state index contributed by atoms with van der Waals surface area (Å²) in [6.07, 6.45) is 2.57. The van der Waals surface area contributed by atoms with Gasteiger partial charge in [0.1, 0.15) is 5.75 Å². The van der Waals surface area contributed by atoms with E-state index in [0.29, 0.717) is 17.2 Å². The van der Waals surface area contributed by atoms with Gasteiger partial charge >= 0.3 is 6.36 Å². The highest BCUT2D eigenvalue weighted by atomic mass is 19.4. The monoisotopic (exact) mass is 556 g/mol. The lowest BCUT2D eigenvalue weighted by atomic mass is 9.67. The summed E-state index contributed by atoms with van der Waals surface area (Å²) in [7, 11) is 0. The standard InChI is InChI=1S/C28H31F3N6O3/c29-28(30,31)40-23-12-6-19(7-13-23)24-14-16-33-26(34-24)35-25-5-1-2-15-27(25,32)20-4-3-17-36(18-20)21-8-10-22(11-9-21)37(38)39/h6-14,16,20,25H,1-5,15,17-18,32H2,(H,33,34,35). The third kappa shape index (κ3) is 6.27. The van der Waals surface area contributed by atoms with Crippen LogP contribution < -0.4 is 20.7 Å². The van der Waals surface area contributed by atoms with Crippen LogP contribution in [0.25, 0.3) is 11.3 Å². The second kappa shape index (κ2) is 11.3. The Kier molecular flexibility index (Phi) is 7.79. The van der Waals surface area contributed by atoms with Crippen molar-refractivity contribution in [3.8, 4) is 17.0 Å². The molecule has 3 atom stereocenters. The number of piperidine rings is 1. The normalized spacial score (nSPS) is 23.4. The first-order chi connectivity index (χ1) is 19.1. The molecule has 5 rings (SSSR count). The molecule has 12 heteroatoms. The number of alkyl halides is 3. The van der Waals surface area contributed by atoms with Crippen LogP contribution in [0.3, 0.4) is 0 Å². The summed E-state index contributed by atoms with van der Waals surface area (Å²) < 4.78 is 41.5. The molecule has 0 amide bonds. The van der Waals surface area contributed by atoms with Gasteiger partial charge in [0.05, 0.1) is 10.6 Å². The average molecular weight is 557 g/mol. The lowest BCUT2D eigenvalue weighted by Gasteiger charge is -2.50. The number of benzene rings is 2. The van der Waals surface area contributed by atoms with E-state index in [9.17, 15) is 23.3 Å². The molecule has 1 aliphatic heterocycles. The minimum Gasteiger partial charge on any atom is -0.406 e. The Hall–Kier alpha value is -3.93. The van der Waals surface area contributed by atoms with Crippen LogP contribution in [0.1, 0.15) is 38.5 Å². The van der Waals surface area contributed by atoms with Crippen molar-refractivity contribution >= 4 is 17.3 Å². The molecule has 0 spiro atoms. The van der Waals surface area contributed by atoms with Gasteiger partial charge in [-0.15, -0.1) is 13.2 Å². The Morgan fingerprint density at radius 3 is 2.50 bits per heavy atom. The second-order valence-corrected chi connectivity index (χ2v) is 10.5. The van der Waals surface area contributed by atoms with E-state index in [1.54, 1.807) is 24.4 Å². The number of hydrogen-bond acceptors (Lipinski definition) is 8. The van der Waals surface area contributed by atoms with E-state index in [1.807, 2.05) is 0 Å². The van der Waals surface area contributed by atoms with E-state index in [2.05, 4.69) is 24.9 Å². The molecular weight excluding hydrogens is 525 g/mol. The zero-order chi connectivity index (χ0) is 28.3. The van der Waals surface area contributed by atoms with Crippen molar-refractivity contribution in [2.75, 3.05) is 23.3 Å². The van der Waals surface area contributed by atoms with E-state index < -0.39 is 16.8 Å². The maximum atomic E-state index is 12.5. The van der Waals surface area contributed by atoms with Crippen LogP contribution in [0.4, 0.5) is 30.5 Å². The molecule has 2 fully saturated rings. The number of nitrogens with one attached hydrogen (secondary N) is 1. The fraction of sp³-hybridized carbons (Fsp3) is 0.429. The van der Waals surface area contributed by atoms with Gasteiger partial charge < -0.3 is 20.7 Å². The van der Waals surface area contributed by atoms with Gasteiger partial charge in [0.15, 0.2) is 0 Å². The number of hydrogen-bond donors (Lipinski definition) is 2. The Bertz CT molecular complexity index is 1320. The molecule has 0 bridgehead atoms. The third-order valence-electron chi connectivity index (χ3n) is 7.95. The fourth-order valence-corrected chi connectivity index (χ4v) is 5.93. The summed E-state index contributed by atoms with van der Waals surface area (Å²) in [6.45, 7) is 1.61. The number of non-ortho nitro benzene ring substituents is 1. The van der Waals surface area contributed by atoms with Crippen LogP contribution in [-0.2, 0) is 0 Å². The lowest BCUT2D eigenvalue weighted by molar-refractivity contribution is -0.384. The summed E-state index contributed by atoms with van der Waals surface area (Å²) in [5, 5.41) is 14.5. The summed E-state index contributed by atoms with van der Waals surface area (Å²) in [5.41, 5.74) is 8.91. The predicted octanol–water partition coefficient (Wildman–Crippen LogP) is 5.92. The SMILES string of the molecule is NC1(C2CCCN(c3ccc([N+](=O)[O-])cc3)C2)CCCCC1Nc1nccc(-c2ccc(OC(F)(F)F)cc2)n1. The topological polar surface area (TPSA) is 119 Å². The molecule has 9 nitrogen and oxygen atoms in total. The molecule has 3 N–H and O–H groups in total. The van der Waals surface area contributed by atoms with E-state index in [1.165, 1.54) is 36.4 Å². The molecule has 1 saturated carbocycles. The molecule has 1 aromatic heterocycles. The Labute approximate surface area is 229 Å². The lowest BCUT2D eigenvalue weighted by Crippen LogP contribution is -2.64. The Balaban J connectivity index is 1.31. The minimum atomic E-state index is -4.75. The largest absolute Gasteiger partial charge is 0.573 e. The summed E-state index contributed by atoms with van der Waals surface area (Å²) in [6, 6.07) is 13.8. The van der Waals surface area contributed by atoms with Gasteiger partial charge in [-0.25, -0.2) is 9.97 Å². The van der Waals surface area contributed by atoms with Crippen molar-refractivity contribution in [3.05, 3.63) is 70.9 Å². The smallest absolute Gasteiger partial charge is 0.406 e. The van der Waals surface area contributed by atoms with Gasteiger partial charge in [-0.3, -0.25) is 10.1 Å². The number of nitro groups is 1. The molecule has 0 radical (unpaired) electrons. The Morgan fingerprint density at radius 2 is 1.80 bits per heavy atom. The van der Waals surface area contributed by atoms with Crippen molar-refractivity contribution < 1.29 is 22.8 Å². The molecule has 40 heavy (non-hydrogen) atoms. The summed E-state index contributed by atoms with van der Waals surface area (Å²) in [4.78, 5) is 21.9. The molecule has 3 unspecified atom stereocenters. The predicted molar refractivity (Wildman–Crippen MR) is 145 cm³/mol. The van der Waals surface area contributed by atoms with Crippen molar-refractivity contribution in [2.24, 2.45) is 11.7 Å². The van der Waals surface area contributed by atoms with Gasteiger partial charge in [-0.05, 0) is 74.1 Å². The zero-order valence-electron chi connectivity index (χ0n) is 21.8. The van der Waals surface area contributed by atoms with Gasteiger partial charge in [-0.2, -0.15) is 0 Å². The number of nitrogens with two attached hydrogens (primary N) is 1. The van der Waals surface area contributed by atoms with Crippen molar-refractivity contribution in [1.29, 1.82) is 0 Å². The maximum absolute atomic E-state index is 12.5. The molecule has 212 valence electrons. The molecule has 2 heterocycles. The summed E-state index contributed by atoms with van der Waals surface area (Å²) in [5.74, 6) is 0.311. The highest BCUT2D eigenvalue weighted by molar-refractivity contribution is 5.61. The molecule has 1 saturated heterocycles. The molecular formula is C28H31F3N6O3. The molecule has 2 aliphatic rings. The zero-order valence-corrected chi connectivity index (χ0v) is 21.8. The quantitative estimate of drug-likeness (QED) is 0.272. The first-order valence-electron chi connectivity index (χ1n) is 13.3. The van der Waals surface area contributed by atoms with E-state index in [4.69, 9.17) is 5.73 Å². The number of rotatable bonds is 7. The number of halogens is 3. The number of aromatic nitrogens is 2. The van der Waals surface area contributed by atoms with Crippen molar-refractivity contribution in [1.82, 2.24) is 9.97 Å². The molecule has 3 aromatic rings. The number of ether oxygens (including phenoxy) is 1. The van der Waals surface area contributed by atoms with E-state index in [0.717, 1.165) is 57.3 Å². The van der Waals surface area contributed by atoms with Crippen molar-refractivity contribution in [3.63, 3.8) is 0 Å². The van der Waals surface area contributed by atoms with Crippen LogP contribution in [0.2, 0.25) is 0 Å². The Morgan fingerprint density at radius 1 is 1.05 bits per heavy atom. The highest BCUT2D eigenvalue weighted by Crippen LogP contribution is 2.39. The van der Waals surface area contributed by atoms with Gasteiger partial charge in [0.25, 0.3) is 5.69 Å². The molecule has 2 aromatic carbocycles. The first kappa shape index (κ1) is 27.6. The summed E-state index contributed by atoms with van der Waals surface area (Å²) >= 11 is 0. The second-order valence-electron chi connectivity index (χ2n) is 10.5. The van der Waals surface area contributed by atoms with Crippen LogP contribution in [0.15, 0.2) is 60.8 Å². The maximum Gasteiger partial charge on any atom is 0.573 e. The van der Waals surface area contributed by atoms with Gasteiger partial charge in [0, 0.05) is 54.3 Å². The van der Waals surface area contributed by atoms with Gasteiger partial charge in [0.2, 0.25) is 5.95 Å². The van der Waals surface area contributed by atoms with Gasteiger partial charge in [-0.1, -0.05) is 12.8 Å². The average Bonchev–Trinajstić information content (AvgIpc) is 2.94. The van der Waals surface area contributed by atoms with Crippen LogP contribution in [0.5, 0.6) is 5.75 Å². The third-order valence-corrected chi connectivity index (χ3v) is 7.95. The fourth-order valence-electron chi connectivity index (χ4n) is 5.93. The first-order valence-corrected chi connectivity index (χ1v) is 13.3. The van der Waals surface area contributed by atoms with E-state index in [-0.39, 0.29) is 23.4 Å². The number of nitro benzene ring substituents is 1.